The first-order valence-corrected chi connectivity index (χ1v) is 8.69. The van der Waals surface area contributed by atoms with E-state index in [1.807, 2.05) is 36.0 Å². The number of rotatable bonds is 5. The molecule has 22 heavy (non-hydrogen) atoms. The van der Waals surface area contributed by atoms with Gasteiger partial charge in [0, 0.05) is 29.9 Å². The predicted octanol–water partition coefficient (Wildman–Crippen LogP) is 2.93. The first kappa shape index (κ1) is 15.4. The minimum absolute atomic E-state index is 0.205. The van der Waals surface area contributed by atoms with E-state index in [-0.39, 0.29) is 4.75 Å². The Bertz CT molecular complexity index is 638. The quantitative estimate of drug-likeness (QED) is 0.883. The molecule has 3 N–H and O–H groups in total. The molecule has 2 heterocycles. The zero-order valence-corrected chi connectivity index (χ0v) is 13.7. The topological polar surface area (TPSA) is 73.1 Å². The smallest absolute Gasteiger partial charge is 0.225 e. The maximum Gasteiger partial charge on any atom is 0.225 e. The Morgan fingerprint density at radius 3 is 2.82 bits per heavy atom. The van der Waals surface area contributed by atoms with Crippen LogP contribution in [-0.2, 0) is 4.74 Å². The summed E-state index contributed by atoms with van der Waals surface area (Å²) in [5.74, 6) is 2.23. The molecule has 0 radical (unpaired) electrons. The number of ether oxygens (including phenoxy) is 1. The number of fused-ring (bicyclic) bond motifs is 1. The van der Waals surface area contributed by atoms with E-state index in [9.17, 15) is 0 Å². The molecule has 118 valence electrons. The van der Waals surface area contributed by atoms with Crippen LogP contribution in [0.25, 0.3) is 10.9 Å². The van der Waals surface area contributed by atoms with Crippen molar-refractivity contribution >= 4 is 34.4 Å². The molecule has 0 bridgehead atoms. The summed E-state index contributed by atoms with van der Waals surface area (Å²) in [6, 6.07) is 7.82. The van der Waals surface area contributed by atoms with Crippen LogP contribution in [0.2, 0.25) is 0 Å². The van der Waals surface area contributed by atoms with Gasteiger partial charge in [0.05, 0.1) is 5.52 Å². The zero-order chi connectivity index (χ0) is 15.4. The maximum absolute atomic E-state index is 6.04. The summed E-state index contributed by atoms with van der Waals surface area (Å²) in [7, 11) is 0. The summed E-state index contributed by atoms with van der Waals surface area (Å²) >= 11 is 2.00. The Morgan fingerprint density at radius 1 is 1.27 bits per heavy atom. The summed E-state index contributed by atoms with van der Waals surface area (Å²) in [5, 5.41) is 4.29. The van der Waals surface area contributed by atoms with Gasteiger partial charge in [-0.05, 0) is 30.7 Å². The second-order valence-electron chi connectivity index (χ2n) is 5.53. The fraction of sp³-hybridized carbons (Fsp3) is 0.500. The Hall–Kier alpha value is -1.53. The van der Waals surface area contributed by atoms with Gasteiger partial charge in [-0.3, -0.25) is 0 Å². The fourth-order valence-electron chi connectivity index (χ4n) is 2.84. The average molecular weight is 318 g/mol. The lowest BCUT2D eigenvalue weighted by Gasteiger charge is -2.36. The number of nitrogens with two attached hydrogens (primary N) is 1. The van der Waals surface area contributed by atoms with Crippen molar-refractivity contribution < 1.29 is 4.74 Å². The normalized spacial score (nSPS) is 17.5. The van der Waals surface area contributed by atoms with Gasteiger partial charge in [-0.2, -0.15) is 16.7 Å². The van der Waals surface area contributed by atoms with E-state index in [1.54, 1.807) is 0 Å². The number of hydrogen-bond acceptors (Lipinski definition) is 6. The summed E-state index contributed by atoms with van der Waals surface area (Å²) in [6.45, 7) is 4.70. The van der Waals surface area contributed by atoms with E-state index in [0.717, 1.165) is 49.3 Å². The third-order valence-corrected chi connectivity index (χ3v) is 5.51. The molecule has 0 spiro atoms. The Morgan fingerprint density at radius 2 is 2.05 bits per heavy atom. The first-order valence-electron chi connectivity index (χ1n) is 7.70. The van der Waals surface area contributed by atoms with Gasteiger partial charge < -0.3 is 15.8 Å². The number of aromatic nitrogens is 2. The number of nitrogen functional groups attached to an aromatic ring is 1. The van der Waals surface area contributed by atoms with E-state index in [0.29, 0.717) is 11.8 Å². The molecule has 1 aliphatic rings. The summed E-state index contributed by atoms with van der Waals surface area (Å²) in [6.07, 6.45) is 2.11. The van der Waals surface area contributed by atoms with Gasteiger partial charge in [-0.1, -0.05) is 19.1 Å². The second-order valence-corrected chi connectivity index (χ2v) is 7.26. The van der Waals surface area contributed by atoms with Crippen LogP contribution in [0.1, 0.15) is 19.8 Å². The number of hydrogen-bond donors (Lipinski definition) is 2. The van der Waals surface area contributed by atoms with Crippen molar-refractivity contribution in [3.05, 3.63) is 24.3 Å². The van der Waals surface area contributed by atoms with Gasteiger partial charge in [-0.15, -0.1) is 0 Å². The monoisotopic (exact) mass is 318 g/mol. The highest BCUT2D eigenvalue weighted by Gasteiger charge is 2.32. The van der Waals surface area contributed by atoms with Crippen molar-refractivity contribution in [2.24, 2.45) is 0 Å². The van der Waals surface area contributed by atoms with Crippen LogP contribution in [0.3, 0.4) is 0 Å². The highest BCUT2D eigenvalue weighted by molar-refractivity contribution is 8.00. The summed E-state index contributed by atoms with van der Waals surface area (Å²) in [5.41, 5.74) is 6.92. The third kappa shape index (κ3) is 3.28. The van der Waals surface area contributed by atoms with Crippen LogP contribution in [-0.4, -0.2) is 40.2 Å². The predicted molar refractivity (Wildman–Crippen MR) is 93.4 cm³/mol. The highest BCUT2D eigenvalue weighted by atomic mass is 32.2. The van der Waals surface area contributed by atoms with Crippen LogP contribution in [0.4, 0.5) is 11.8 Å². The lowest BCUT2D eigenvalue weighted by molar-refractivity contribution is 0.0801. The van der Waals surface area contributed by atoms with E-state index >= 15 is 0 Å². The molecule has 0 aliphatic carbocycles. The molecule has 0 atom stereocenters. The second kappa shape index (κ2) is 6.71. The molecule has 1 aromatic heterocycles. The number of thioether (sulfide) groups is 1. The van der Waals surface area contributed by atoms with E-state index in [1.165, 1.54) is 0 Å². The van der Waals surface area contributed by atoms with Gasteiger partial charge in [0.15, 0.2) is 0 Å². The minimum Gasteiger partial charge on any atom is -0.383 e. The molecule has 5 nitrogen and oxygen atoms in total. The van der Waals surface area contributed by atoms with E-state index < -0.39 is 0 Å². The highest BCUT2D eigenvalue weighted by Crippen LogP contribution is 2.35. The number of benzene rings is 1. The molecule has 3 rings (SSSR count). The molecule has 1 fully saturated rings. The SMILES string of the molecule is CCSC1(CNc2nc(N)c3ccccc3n2)CCOCC1. The average Bonchev–Trinajstić information content (AvgIpc) is 2.54. The van der Waals surface area contributed by atoms with E-state index in [4.69, 9.17) is 10.5 Å². The number of nitrogens with zero attached hydrogens (tertiary/aromatic N) is 2. The number of nitrogens with one attached hydrogen (secondary N) is 1. The van der Waals surface area contributed by atoms with Crippen molar-refractivity contribution in [2.75, 3.05) is 36.6 Å². The van der Waals surface area contributed by atoms with Crippen molar-refractivity contribution in [1.82, 2.24) is 9.97 Å². The summed E-state index contributed by atoms with van der Waals surface area (Å²) < 4.78 is 5.71. The Kier molecular flexibility index (Phi) is 4.69. The lowest BCUT2D eigenvalue weighted by Crippen LogP contribution is -2.40. The largest absolute Gasteiger partial charge is 0.383 e. The van der Waals surface area contributed by atoms with Gasteiger partial charge >= 0.3 is 0 Å². The lowest BCUT2D eigenvalue weighted by atomic mass is 9.99. The molecular weight excluding hydrogens is 296 g/mol. The van der Waals surface area contributed by atoms with Gasteiger partial charge in [-0.25, -0.2) is 4.98 Å². The zero-order valence-electron chi connectivity index (χ0n) is 12.8. The van der Waals surface area contributed by atoms with Crippen LogP contribution >= 0.6 is 11.8 Å². The Labute approximate surface area is 135 Å². The van der Waals surface area contributed by atoms with Gasteiger partial charge in [0.2, 0.25) is 5.95 Å². The van der Waals surface area contributed by atoms with Crippen LogP contribution in [0.15, 0.2) is 24.3 Å². The molecular formula is C16H22N4OS. The molecule has 1 aromatic carbocycles. The van der Waals surface area contributed by atoms with Crippen LogP contribution in [0.5, 0.6) is 0 Å². The summed E-state index contributed by atoms with van der Waals surface area (Å²) in [4.78, 5) is 8.96. The molecule has 0 unspecified atom stereocenters. The molecule has 6 heteroatoms. The third-order valence-electron chi connectivity index (χ3n) is 4.06. The first-order chi connectivity index (χ1) is 10.7. The molecule has 2 aromatic rings. The maximum atomic E-state index is 6.04. The van der Waals surface area contributed by atoms with E-state index in [2.05, 4.69) is 22.2 Å². The Balaban J connectivity index is 1.77. The van der Waals surface area contributed by atoms with Gasteiger partial charge in [0.1, 0.15) is 5.82 Å². The van der Waals surface area contributed by atoms with Crippen molar-refractivity contribution in [3.63, 3.8) is 0 Å². The van der Waals surface area contributed by atoms with Crippen molar-refractivity contribution in [3.8, 4) is 0 Å². The minimum atomic E-state index is 0.205. The standard InChI is InChI=1S/C16H22N4OS/c1-2-22-16(7-9-21-10-8-16)11-18-15-19-13-6-4-3-5-12(13)14(17)20-15/h3-6H,2,7-11H2,1H3,(H3,17,18,19,20). The molecule has 0 saturated carbocycles. The molecule has 0 amide bonds. The van der Waals surface area contributed by atoms with Crippen LogP contribution < -0.4 is 11.1 Å². The van der Waals surface area contributed by atoms with Crippen molar-refractivity contribution in [2.45, 2.75) is 24.5 Å². The number of para-hydroxylation sites is 1. The number of anilines is 2. The molecule has 1 aliphatic heterocycles. The fourth-order valence-corrected chi connectivity index (χ4v) is 4.08. The van der Waals surface area contributed by atoms with Crippen LogP contribution in [0, 0.1) is 0 Å². The van der Waals surface area contributed by atoms with Crippen molar-refractivity contribution in [1.29, 1.82) is 0 Å². The molecule has 1 saturated heterocycles. The van der Waals surface area contributed by atoms with Gasteiger partial charge in [0.25, 0.3) is 0 Å².